The summed E-state index contributed by atoms with van der Waals surface area (Å²) in [6.45, 7) is 2.67. The number of thiazole rings is 1. The van der Waals surface area contributed by atoms with Gasteiger partial charge in [-0.3, -0.25) is 4.79 Å². The lowest BCUT2D eigenvalue weighted by atomic mass is 10.0. The van der Waals surface area contributed by atoms with E-state index >= 15 is 0 Å². The zero-order chi connectivity index (χ0) is 13.7. The Bertz CT molecular complexity index is 416. The average molecular weight is 284 g/mol. The number of carboxylic acid groups (broad SMARTS) is 1. The van der Waals surface area contributed by atoms with E-state index in [1.54, 1.807) is 11.3 Å². The van der Waals surface area contributed by atoms with E-state index in [1.165, 1.54) is 6.42 Å². The van der Waals surface area contributed by atoms with Gasteiger partial charge in [-0.15, -0.1) is 11.3 Å². The fourth-order valence-corrected chi connectivity index (χ4v) is 3.07. The van der Waals surface area contributed by atoms with Crippen molar-refractivity contribution < 1.29 is 14.6 Å². The summed E-state index contributed by atoms with van der Waals surface area (Å²) in [5, 5.41) is 11.6. The van der Waals surface area contributed by atoms with Gasteiger partial charge in [0, 0.05) is 32.0 Å². The lowest BCUT2D eigenvalue weighted by Gasteiger charge is -2.26. The Kier molecular flexibility index (Phi) is 5.15. The van der Waals surface area contributed by atoms with Gasteiger partial charge < -0.3 is 14.7 Å². The molecule has 5 nitrogen and oxygen atoms in total. The van der Waals surface area contributed by atoms with Gasteiger partial charge >= 0.3 is 5.97 Å². The number of aromatic nitrogens is 1. The molecule has 1 aromatic heterocycles. The molecule has 1 aliphatic heterocycles. The number of hydrogen-bond acceptors (Lipinski definition) is 5. The predicted molar refractivity (Wildman–Crippen MR) is 74.9 cm³/mol. The Balaban J connectivity index is 1.84. The smallest absolute Gasteiger partial charge is 0.303 e. The third-order valence-electron chi connectivity index (χ3n) is 3.25. The van der Waals surface area contributed by atoms with Crippen LogP contribution in [0.15, 0.2) is 5.38 Å². The molecule has 0 bridgehead atoms. The van der Waals surface area contributed by atoms with Gasteiger partial charge in [0.2, 0.25) is 0 Å². The van der Waals surface area contributed by atoms with Crippen molar-refractivity contribution in [3.8, 4) is 0 Å². The molecule has 1 N–H and O–H groups in total. The second-order valence-electron chi connectivity index (χ2n) is 4.98. The minimum absolute atomic E-state index is 0.142. The third-order valence-corrected chi connectivity index (χ3v) is 4.25. The minimum Gasteiger partial charge on any atom is -0.481 e. The van der Waals surface area contributed by atoms with E-state index in [4.69, 9.17) is 9.84 Å². The van der Waals surface area contributed by atoms with Crippen molar-refractivity contribution in [3.05, 3.63) is 11.1 Å². The summed E-state index contributed by atoms with van der Waals surface area (Å²) in [5.41, 5.74) is 0.870. The van der Waals surface area contributed by atoms with E-state index in [0.717, 1.165) is 37.0 Å². The van der Waals surface area contributed by atoms with Crippen molar-refractivity contribution in [1.29, 1.82) is 0 Å². The number of carboxylic acids is 1. The number of ether oxygens (including phenoxy) is 1. The molecule has 1 aromatic rings. The summed E-state index contributed by atoms with van der Waals surface area (Å²) in [4.78, 5) is 17.2. The minimum atomic E-state index is -0.776. The van der Waals surface area contributed by atoms with E-state index in [-0.39, 0.29) is 6.42 Å². The Morgan fingerprint density at radius 3 is 3.21 bits per heavy atom. The van der Waals surface area contributed by atoms with Crippen molar-refractivity contribution in [2.24, 2.45) is 5.92 Å². The molecule has 0 radical (unpaired) electrons. The number of aliphatic carboxylic acids is 1. The summed E-state index contributed by atoms with van der Waals surface area (Å²) in [5.74, 6) is -0.202. The molecule has 106 valence electrons. The second kappa shape index (κ2) is 6.86. The summed E-state index contributed by atoms with van der Waals surface area (Å²) >= 11 is 1.58. The maximum absolute atomic E-state index is 10.5. The molecule has 0 amide bonds. The Labute approximate surface area is 117 Å². The topological polar surface area (TPSA) is 62.7 Å². The lowest BCUT2D eigenvalue weighted by Crippen LogP contribution is -2.30. The van der Waals surface area contributed by atoms with E-state index in [9.17, 15) is 4.79 Å². The zero-order valence-corrected chi connectivity index (χ0v) is 12.0. The van der Waals surface area contributed by atoms with Crippen LogP contribution in [0.3, 0.4) is 0 Å². The number of hydrogen-bond donors (Lipinski definition) is 1. The summed E-state index contributed by atoms with van der Waals surface area (Å²) < 4.78 is 5.48. The zero-order valence-electron chi connectivity index (χ0n) is 11.2. The fourth-order valence-electron chi connectivity index (χ4n) is 2.24. The first-order valence-electron chi connectivity index (χ1n) is 6.60. The highest BCUT2D eigenvalue weighted by atomic mass is 32.1. The van der Waals surface area contributed by atoms with Crippen LogP contribution < -0.4 is 4.90 Å². The molecule has 0 spiro atoms. The maximum Gasteiger partial charge on any atom is 0.303 e. The molecule has 19 heavy (non-hydrogen) atoms. The standard InChI is InChI=1S/C13H20N2O3S/c1-15(7-10-3-2-6-18-8-10)13-14-11(9-19-13)4-5-12(16)17/h9-10H,2-8H2,1H3,(H,16,17). The summed E-state index contributed by atoms with van der Waals surface area (Å²) in [6, 6.07) is 0. The first kappa shape index (κ1) is 14.3. The maximum atomic E-state index is 10.5. The van der Waals surface area contributed by atoms with Gasteiger partial charge in [-0.05, 0) is 18.8 Å². The monoisotopic (exact) mass is 284 g/mol. The van der Waals surface area contributed by atoms with E-state index in [1.807, 2.05) is 12.4 Å². The van der Waals surface area contributed by atoms with Crippen LogP contribution in [0.1, 0.15) is 25.0 Å². The largest absolute Gasteiger partial charge is 0.481 e. The molecule has 1 atom stereocenters. The number of carbonyl (C=O) groups is 1. The van der Waals surface area contributed by atoms with Gasteiger partial charge in [-0.2, -0.15) is 0 Å². The lowest BCUT2D eigenvalue weighted by molar-refractivity contribution is -0.136. The molecule has 6 heteroatoms. The number of anilines is 1. The SMILES string of the molecule is CN(CC1CCCOC1)c1nc(CCC(=O)O)cs1. The Morgan fingerprint density at radius 1 is 1.68 bits per heavy atom. The molecule has 0 aliphatic carbocycles. The third kappa shape index (κ3) is 4.47. The van der Waals surface area contributed by atoms with Crippen LogP contribution in [0.25, 0.3) is 0 Å². The molecule has 2 heterocycles. The van der Waals surface area contributed by atoms with Crippen LogP contribution in [-0.4, -0.2) is 42.9 Å². The first-order valence-corrected chi connectivity index (χ1v) is 7.48. The van der Waals surface area contributed by atoms with Crippen molar-refractivity contribution in [2.45, 2.75) is 25.7 Å². The molecule has 2 rings (SSSR count). The second-order valence-corrected chi connectivity index (χ2v) is 5.82. The predicted octanol–water partition coefficient (Wildman–Crippen LogP) is 2.02. The number of rotatable bonds is 6. The van der Waals surface area contributed by atoms with Gasteiger partial charge in [-0.1, -0.05) is 0 Å². The first-order chi connectivity index (χ1) is 9.15. The van der Waals surface area contributed by atoms with Crippen molar-refractivity contribution in [3.63, 3.8) is 0 Å². The van der Waals surface area contributed by atoms with Crippen LogP contribution in [0.5, 0.6) is 0 Å². The average Bonchev–Trinajstić information content (AvgIpc) is 2.86. The van der Waals surface area contributed by atoms with Gasteiger partial charge in [0.1, 0.15) is 0 Å². The van der Waals surface area contributed by atoms with Crippen LogP contribution in [0.4, 0.5) is 5.13 Å². The highest BCUT2D eigenvalue weighted by Gasteiger charge is 2.17. The summed E-state index contributed by atoms with van der Waals surface area (Å²) in [6.07, 6.45) is 3.00. The quantitative estimate of drug-likeness (QED) is 0.866. The van der Waals surface area contributed by atoms with Gasteiger partial charge in [-0.25, -0.2) is 4.98 Å². The van der Waals surface area contributed by atoms with Gasteiger partial charge in [0.25, 0.3) is 0 Å². The van der Waals surface area contributed by atoms with E-state index in [0.29, 0.717) is 12.3 Å². The molecular formula is C13H20N2O3S. The highest BCUT2D eigenvalue weighted by Crippen LogP contribution is 2.23. The van der Waals surface area contributed by atoms with Crippen molar-refractivity contribution in [1.82, 2.24) is 4.98 Å². The van der Waals surface area contributed by atoms with E-state index < -0.39 is 5.97 Å². The van der Waals surface area contributed by atoms with Crippen LogP contribution >= 0.6 is 11.3 Å². The van der Waals surface area contributed by atoms with Crippen molar-refractivity contribution >= 4 is 22.4 Å². The number of nitrogens with zero attached hydrogens (tertiary/aromatic N) is 2. The molecule has 1 unspecified atom stereocenters. The molecule has 1 saturated heterocycles. The molecular weight excluding hydrogens is 264 g/mol. The van der Waals surface area contributed by atoms with Gasteiger partial charge in [0.15, 0.2) is 5.13 Å². The van der Waals surface area contributed by atoms with Crippen LogP contribution in [0, 0.1) is 5.92 Å². The molecule has 0 saturated carbocycles. The van der Waals surface area contributed by atoms with Gasteiger partial charge in [0.05, 0.1) is 18.7 Å². The Morgan fingerprint density at radius 2 is 2.53 bits per heavy atom. The van der Waals surface area contributed by atoms with Crippen LogP contribution in [0.2, 0.25) is 0 Å². The highest BCUT2D eigenvalue weighted by molar-refractivity contribution is 7.13. The molecule has 0 aromatic carbocycles. The number of aryl methyl sites for hydroxylation is 1. The molecule has 1 fully saturated rings. The summed E-state index contributed by atoms with van der Waals surface area (Å²) in [7, 11) is 2.04. The van der Waals surface area contributed by atoms with Crippen LogP contribution in [-0.2, 0) is 16.0 Å². The van der Waals surface area contributed by atoms with Crippen molar-refractivity contribution in [2.75, 3.05) is 31.7 Å². The fraction of sp³-hybridized carbons (Fsp3) is 0.692. The molecule has 1 aliphatic rings. The Hall–Kier alpha value is -1.14. The van der Waals surface area contributed by atoms with E-state index in [2.05, 4.69) is 9.88 Å². The normalized spacial score (nSPS) is 19.3.